The minimum atomic E-state index is -0.429. The number of carbonyl (C=O) groups is 2. The molecule has 0 bridgehead atoms. The molecule has 6 rings (SSSR count). The molecule has 180 valence electrons. The topological polar surface area (TPSA) is 75.5 Å². The Morgan fingerprint density at radius 2 is 1.86 bits per heavy atom. The van der Waals surface area contributed by atoms with Crippen LogP contribution in [0.3, 0.4) is 0 Å². The fraction of sp³-hybridized carbons (Fsp3) is 0.179. The number of nitrogens with zero attached hydrogens (tertiary/aromatic N) is 2. The lowest BCUT2D eigenvalue weighted by molar-refractivity contribution is -0.118. The number of para-hydroxylation sites is 1. The molecular weight excluding hydrogens is 475 g/mol. The lowest BCUT2D eigenvalue weighted by atomic mass is 9.99. The number of rotatable bonds is 5. The molecule has 2 atom stereocenters. The van der Waals surface area contributed by atoms with Crippen molar-refractivity contribution in [3.63, 3.8) is 0 Å². The number of amides is 2. The van der Waals surface area contributed by atoms with Gasteiger partial charge in [0.25, 0.3) is 0 Å². The number of nitrogens with one attached hydrogen (secondary N) is 2. The van der Waals surface area contributed by atoms with Crippen LogP contribution in [0, 0.1) is 11.7 Å². The van der Waals surface area contributed by atoms with Gasteiger partial charge in [0.05, 0.1) is 5.69 Å². The van der Waals surface area contributed by atoms with Gasteiger partial charge in [0.2, 0.25) is 16.6 Å². The van der Waals surface area contributed by atoms with Crippen molar-refractivity contribution in [3.05, 3.63) is 99.9 Å². The molecule has 1 fully saturated rings. The lowest BCUT2D eigenvalue weighted by Crippen LogP contribution is -2.32. The number of benzene rings is 3. The van der Waals surface area contributed by atoms with Crippen LogP contribution in [-0.4, -0.2) is 16.5 Å². The summed E-state index contributed by atoms with van der Waals surface area (Å²) in [5.74, 6) is -0.456. The van der Waals surface area contributed by atoms with Gasteiger partial charge in [-0.25, -0.2) is 14.1 Å². The number of thiazole rings is 1. The normalized spacial score (nSPS) is 18.9. The molecular formula is C28H23FN4O2S. The monoisotopic (exact) mass is 498 g/mol. The first-order valence-electron chi connectivity index (χ1n) is 11.9. The Bertz CT molecular complexity index is 1540. The third kappa shape index (κ3) is 4.35. The predicted molar refractivity (Wildman–Crippen MR) is 138 cm³/mol. The van der Waals surface area contributed by atoms with E-state index in [4.69, 9.17) is 0 Å². The number of anilines is 1. The molecule has 2 amide bonds. The van der Waals surface area contributed by atoms with E-state index in [0.29, 0.717) is 17.6 Å². The van der Waals surface area contributed by atoms with Crippen LogP contribution in [0.25, 0.3) is 11.3 Å². The average Bonchev–Trinajstić information content (AvgIpc) is 3.62. The minimum Gasteiger partial charge on any atom is -0.326 e. The summed E-state index contributed by atoms with van der Waals surface area (Å²) in [6.45, 7) is 0. The molecule has 2 N–H and O–H groups in total. The number of hydrogen-bond donors (Lipinski definition) is 2. The van der Waals surface area contributed by atoms with Crippen LogP contribution < -0.4 is 15.5 Å². The molecule has 1 aliphatic carbocycles. The number of aryl methyl sites for hydroxylation is 1. The highest BCUT2D eigenvalue weighted by molar-refractivity contribution is 7.07. The third-order valence-electron chi connectivity index (χ3n) is 6.65. The molecule has 6 nitrogen and oxygen atoms in total. The summed E-state index contributed by atoms with van der Waals surface area (Å²) in [7, 11) is 0. The van der Waals surface area contributed by atoms with E-state index in [1.807, 2.05) is 53.9 Å². The van der Waals surface area contributed by atoms with Crippen LogP contribution in [0.4, 0.5) is 15.8 Å². The maximum Gasteiger partial charge on any atom is 0.242 e. The smallest absolute Gasteiger partial charge is 0.242 e. The van der Waals surface area contributed by atoms with Gasteiger partial charge in [0, 0.05) is 29.0 Å². The average molecular weight is 499 g/mol. The molecule has 0 radical (unpaired) electrons. The molecule has 8 heteroatoms. The first-order valence-corrected chi connectivity index (χ1v) is 12.7. The van der Waals surface area contributed by atoms with Crippen LogP contribution in [0.5, 0.6) is 0 Å². The van der Waals surface area contributed by atoms with Crippen molar-refractivity contribution in [3.8, 4) is 11.3 Å². The molecule has 1 aromatic heterocycles. The van der Waals surface area contributed by atoms with Crippen LogP contribution in [0.1, 0.15) is 29.9 Å². The molecule has 2 unspecified atom stereocenters. The molecule has 2 aliphatic rings. The minimum absolute atomic E-state index is 0.0106. The van der Waals surface area contributed by atoms with Gasteiger partial charge in [-0.3, -0.25) is 15.0 Å². The van der Waals surface area contributed by atoms with Gasteiger partial charge in [0.15, 0.2) is 0 Å². The van der Waals surface area contributed by atoms with Crippen molar-refractivity contribution < 1.29 is 14.0 Å². The quantitative estimate of drug-likeness (QED) is 0.389. The lowest BCUT2D eigenvalue weighted by Gasteiger charge is -2.18. The standard InChI is InChI=1S/C28H23FN4O2S/c29-22-8-4-5-9-24(22)31-28-33(32-27(35)21-15-20(21)17-6-2-1-3-7-17)25(16-36-28)19-10-12-23-18(14-19)11-13-26(34)30-23/h1-10,12,14,16,20-21H,11,13,15H2,(H,30,34)(H,32,35). The number of aromatic nitrogens is 1. The van der Waals surface area contributed by atoms with Crippen LogP contribution in [0.2, 0.25) is 0 Å². The Morgan fingerprint density at radius 1 is 1.06 bits per heavy atom. The zero-order valence-corrected chi connectivity index (χ0v) is 20.1. The molecule has 1 aliphatic heterocycles. The predicted octanol–water partition coefficient (Wildman–Crippen LogP) is 5.35. The van der Waals surface area contributed by atoms with E-state index in [1.165, 1.54) is 17.4 Å². The van der Waals surface area contributed by atoms with Crippen LogP contribution in [-0.2, 0) is 16.0 Å². The van der Waals surface area contributed by atoms with E-state index < -0.39 is 5.82 Å². The van der Waals surface area contributed by atoms with Crippen molar-refractivity contribution >= 4 is 34.5 Å². The summed E-state index contributed by atoms with van der Waals surface area (Å²) in [6, 6.07) is 22.2. The van der Waals surface area contributed by atoms with E-state index in [1.54, 1.807) is 22.9 Å². The summed E-state index contributed by atoms with van der Waals surface area (Å²) in [5.41, 5.74) is 7.88. The zero-order chi connectivity index (χ0) is 24.6. The summed E-state index contributed by atoms with van der Waals surface area (Å²) >= 11 is 1.33. The number of hydrogen-bond acceptors (Lipinski definition) is 4. The molecule has 36 heavy (non-hydrogen) atoms. The van der Waals surface area contributed by atoms with Gasteiger partial charge >= 0.3 is 0 Å². The molecule has 2 heterocycles. The van der Waals surface area contributed by atoms with Crippen molar-refractivity contribution in [1.29, 1.82) is 0 Å². The highest BCUT2D eigenvalue weighted by atomic mass is 32.1. The Hall–Kier alpha value is -4.04. The van der Waals surface area contributed by atoms with Crippen molar-refractivity contribution in [2.75, 3.05) is 10.7 Å². The number of halogens is 1. The second-order valence-electron chi connectivity index (χ2n) is 9.06. The SMILES string of the molecule is O=C1CCc2cc(-c3csc(=Nc4ccccc4F)n3NC(=O)C3CC3c3ccccc3)ccc2N1. The highest BCUT2D eigenvalue weighted by Crippen LogP contribution is 2.47. The second-order valence-corrected chi connectivity index (χ2v) is 9.89. The van der Waals surface area contributed by atoms with Gasteiger partial charge in [-0.1, -0.05) is 48.5 Å². The van der Waals surface area contributed by atoms with Gasteiger partial charge < -0.3 is 5.32 Å². The Kier molecular flexibility index (Phi) is 5.73. The summed E-state index contributed by atoms with van der Waals surface area (Å²) in [5, 5.41) is 4.81. The molecule has 1 saturated carbocycles. The zero-order valence-electron chi connectivity index (χ0n) is 19.3. The summed E-state index contributed by atoms with van der Waals surface area (Å²) in [6.07, 6.45) is 1.88. The van der Waals surface area contributed by atoms with Crippen molar-refractivity contribution in [2.24, 2.45) is 10.9 Å². The van der Waals surface area contributed by atoms with Gasteiger partial charge in [0.1, 0.15) is 11.5 Å². The van der Waals surface area contributed by atoms with E-state index in [9.17, 15) is 14.0 Å². The number of fused-ring (bicyclic) bond motifs is 1. The Labute approximate surface area is 211 Å². The molecule has 4 aromatic rings. The maximum absolute atomic E-state index is 14.4. The van der Waals surface area contributed by atoms with Crippen LogP contribution >= 0.6 is 11.3 Å². The number of carbonyl (C=O) groups excluding carboxylic acids is 2. The molecule has 0 saturated heterocycles. The maximum atomic E-state index is 14.4. The Morgan fingerprint density at radius 3 is 2.69 bits per heavy atom. The van der Waals surface area contributed by atoms with E-state index in [0.717, 1.165) is 34.5 Å². The van der Waals surface area contributed by atoms with Gasteiger partial charge in [-0.05, 0) is 54.2 Å². The fourth-order valence-corrected chi connectivity index (χ4v) is 5.49. The first kappa shape index (κ1) is 22.4. The highest BCUT2D eigenvalue weighted by Gasteiger charge is 2.44. The molecule has 3 aromatic carbocycles. The van der Waals surface area contributed by atoms with Gasteiger partial charge in [-0.2, -0.15) is 0 Å². The van der Waals surface area contributed by atoms with Crippen molar-refractivity contribution in [2.45, 2.75) is 25.2 Å². The summed E-state index contributed by atoms with van der Waals surface area (Å²) < 4.78 is 16.0. The first-order chi connectivity index (χ1) is 17.6. The van der Waals surface area contributed by atoms with E-state index in [-0.39, 0.29) is 29.3 Å². The summed E-state index contributed by atoms with van der Waals surface area (Å²) in [4.78, 5) is 30.0. The van der Waals surface area contributed by atoms with Crippen molar-refractivity contribution in [1.82, 2.24) is 4.68 Å². The van der Waals surface area contributed by atoms with Crippen LogP contribution in [0.15, 0.2) is 83.2 Å². The van der Waals surface area contributed by atoms with Gasteiger partial charge in [-0.15, -0.1) is 11.3 Å². The van der Waals surface area contributed by atoms with E-state index >= 15 is 0 Å². The third-order valence-corrected chi connectivity index (χ3v) is 7.48. The molecule has 0 spiro atoms. The largest absolute Gasteiger partial charge is 0.326 e. The van der Waals surface area contributed by atoms with E-state index in [2.05, 4.69) is 15.7 Å². The Balaban J connectivity index is 1.37. The second kappa shape index (κ2) is 9.20. The fourth-order valence-electron chi connectivity index (χ4n) is 4.63.